The largest absolute Gasteiger partial charge is 0.344 e. The van der Waals surface area contributed by atoms with Crippen LogP contribution in [0.1, 0.15) is 68.6 Å². The number of hydrogen-bond acceptors (Lipinski definition) is 4. The number of urea groups is 1. The molecule has 136 valence electrons. The van der Waals surface area contributed by atoms with E-state index in [0.717, 1.165) is 23.5 Å². The van der Waals surface area contributed by atoms with Crippen molar-refractivity contribution >= 4 is 33.8 Å². The molecule has 0 unspecified atom stereocenters. The molecule has 1 saturated carbocycles. The van der Waals surface area contributed by atoms with Gasteiger partial charge >= 0.3 is 6.03 Å². The predicted octanol–water partition coefficient (Wildman–Crippen LogP) is 2.44. The number of H-pyrrole nitrogens is 1. The van der Waals surface area contributed by atoms with Gasteiger partial charge in [-0.3, -0.25) is 20.1 Å². The number of hydrogen-bond donors (Lipinski definition) is 3. The maximum absolute atomic E-state index is 12.8. The van der Waals surface area contributed by atoms with Crippen LogP contribution >= 0.6 is 15.9 Å². The molecule has 1 spiro atoms. The summed E-state index contributed by atoms with van der Waals surface area (Å²) in [6.45, 7) is 6.06. The van der Waals surface area contributed by atoms with Crippen LogP contribution in [0.4, 0.5) is 4.79 Å². The van der Waals surface area contributed by atoms with Gasteiger partial charge < -0.3 is 5.32 Å². The van der Waals surface area contributed by atoms with Crippen LogP contribution in [-0.2, 0) is 4.79 Å². The second kappa shape index (κ2) is 6.44. The molecule has 1 saturated heterocycles. The van der Waals surface area contributed by atoms with Gasteiger partial charge in [-0.05, 0) is 53.4 Å². The highest BCUT2D eigenvalue weighted by atomic mass is 79.9. The van der Waals surface area contributed by atoms with E-state index in [1.54, 1.807) is 0 Å². The van der Waals surface area contributed by atoms with E-state index < -0.39 is 23.4 Å². The molecule has 1 aliphatic carbocycles. The van der Waals surface area contributed by atoms with E-state index in [1.165, 1.54) is 0 Å². The lowest BCUT2D eigenvalue weighted by Gasteiger charge is -2.33. The molecule has 9 heteroatoms. The standard InChI is InChI=1S/C16H22BrN5O3/c1-8(2)11-10(17)12(20-19-11)13(23)21-22-14(24)16(18-15(22)25)6-4-9(3)5-7-16/h8-9H,4-7H2,1-3H3,(H,18,25)(H,19,20)(H,21,23). The van der Waals surface area contributed by atoms with Crippen LogP contribution < -0.4 is 10.7 Å². The van der Waals surface area contributed by atoms with Crippen molar-refractivity contribution in [2.75, 3.05) is 0 Å². The number of aromatic nitrogens is 2. The fourth-order valence-corrected chi connectivity index (χ4v) is 4.16. The van der Waals surface area contributed by atoms with Crippen molar-refractivity contribution in [3.63, 3.8) is 0 Å². The van der Waals surface area contributed by atoms with E-state index in [9.17, 15) is 14.4 Å². The van der Waals surface area contributed by atoms with Gasteiger partial charge in [0.15, 0.2) is 5.69 Å². The quantitative estimate of drug-likeness (QED) is 0.663. The van der Waals surface area contributed by atoms with Crippen molar-refractivity contribution in [1.29, 1.82) is 0 Å². The van der Waals surface area contributed by atoms with Crippen LogP contribution in [0, 0.1) is 5.92 Å². The molecule has 3 rings (SSSR count). The van der Waals surface area contributed by atoms with Crippen molar-refractivity contribution in [2.45, 2.75) is 57.9 Å². The molecule has 1 aromatic heterocycles. The molecule has 0 radical (unpaired) electrons. The third-order valence-corrected chi connectivity index (χ3v) is 5.83. The summed E-state index contributed by atoms with van der Waals surface area (Å²) in [7, 11) is 0. The van der Waals surface area contributed by atoms with Crippen LogP contribution in [0.15, 0.2) is 4.47 Å². The van der Waals surface area contributed by atoms with Gasteiger partial charge in [0.1, 0.15) is 5.54 Å². The molecule has 0 bridgehead atoms. The second-order valence-corrected chi connectivity index (χ2v) is 8.02. The monoisotopic (exact) mass is 411 g/mol. The van der Waals surface area contributed by atoms with Crippen LogP contribution in [0.25, 0.3) is 0 Å². The molecule has 1 aromatic rings. The third kappa shape index (κ3) is 3.05. The van der Waals surface area contributed by atoms with Gasteiger partial charge in [-0.2, -0.15) is 10.1 Å². The molecule has 0 aromatic carbocycles. The van der Waals surface area contributed by atoms with Gasteiger partial charge in [-0.15, -0.1) is 0 Å². The molecule has 4 amide bonds. The molecule has 25 heavy (non-hydrogen) atoms. The Kier molecular flexibility index (Phi) is 4.61. The molecule has 2 aliphatic rings. The number of rotatable bonds is 3. The first-order chi connectivity index (χ1) is 11.7. The minimum atomic E-state index is -0.886. The average molecular weight is 412 g/mol. The number of nitrogens with one attached hydrogen (secondary N) is 3. The zero-order valence-electron chi connectivity index (χ0n) is 14.5. The van der Waals surface area contributed by atoms with E-state index in [2.05, 4.69) is 43.8 Å². The molecule has 8 nitrogen and oxygen atoms in total. The Morgan fingerprint density at radius 3 is 2.56 bits per heavy atom. The topological polar surface area (TPSA) is 107 Å². The van der Waals surface area contributed by atoms with Gasteiger partial charge in [0.05, 0.1) is 10.2 Å². The molecule has 3 N–H and O–H groups in total. The Morgan fingerprint density at radius 2 is 2.00 bits per heavy atom. The van der Waals surface area contributed by atoms with Crippen molar-refractivity contribution in [3.8, 4) is 0 Å². The Bertz CT molecular complexity index is 721. The smallest absolute Gasteiger partial charge is 0.322 e. The third-order valence-electron chi connectivity index (χ3n) is 5.03. The van der Waals surface area contributed by atoms with E-state index in [1.807, 2.05) is 13.8 Å². The number of aromatic amines is 1. The SMILES string of the molecule is CC1CCC2(CC1)NC(=O)N(NC(=O)c1n[nH]c(C(C)C)c1Br)C2=O. The first-order valence-electron chi connectivity index (χ1n) is 8.46. The summed E-state index contributed by atoms with van der Waals surface area (Å²) in [5.41, 5.74) is 2.40. The fraction of sp³-hybridized carbons (Fsp3) is 0.625. The van der Waals surface area contributed by atoms with Crippen molar-refractivity contribution in [2.24, 2.45) is 5.92 Å². The van der Waals surface area contributed by atoms with Gasteiger partial charge in [0.2, 0.25) is 0 Å². The lowest BCUT2D eigenvalue weighted by molar-refractivity contribution is -0.134. The lowest BCUT2D eigenvalue weighted by Crippen LogP contribution is -2.51. The number of nitrogens with zero attached hydrogens (tertiary/aromatic N) is 2. The number of halogens is 1. The minimum Gasteiger partial charge on any atom is -0.322 e. The second-order valence-electron chi connectivity index (χ2n) is 7.23. The summed E-state index contributed by atoms with van der Waals surface area (Å²) in [6.07, 6.45) is 2.93. The van der Waals surface area contributed by atoms with E-state index in [4.69, 9.17) is 0 Å². The van der Waals surface area contributed by atoms with Gasteiger partial charge in [0, 0.05) is 0 Å². The maximum Gasteiger partial charge on any atom is 0.344 e. The Hall–Kier alpha value is -1.90. The zero-order chi connectivity index (χ0) is 18.4. The molecule has 2 heterocycles. The molecule has 2 fully saturated rings. The summed E-state index contributed by atoms with van der Waals surface area (Å²) in [4.78, 5) is 37.5. The normalized spacial score (nSPS) is 26.4. The van der Waals surface area contributed by atoms with Gasteiger partial charge in [-0.1, -0.05) is 20.8 Å². The summed E-state index contributed by atoms with van der Waals surface area (Å²) >= 11 is 3.35. The predicted molar refractivity (Wildman–Crippen MR) is 93.6 cm³/mol. The summed E-state index contributed by atoms with van der Waals surface area (Å²) in [5.74, 6) is -0.325. The number of hydrazine groups is 1. The summed E-state index contributed by atoms with van der Waals surface area (Å²) in [5, 5.41) is 10.3. The summed E-state index contributed by atoms with van der Waals surface area (Å²) < 4.78 is 0.535. The van der Waals surface area contributed by atoms with Crippen molar-refractivity contribution in [3.05, 3.63) is 15.9 Å². The maximum atomic E-state index is 12.8. The summed E-state index contributed by atoms with van der Waals surface area (Å²) in [6, 6.07) is -0.594. The van der Waals surface area contributed by atoms with Gasteiger partial charge in [0.25, 0.3) is 11.8 Å². The van der Waals surface area contributed by atoms with E-state index in [-0.39, 0.29) is 11.6 Å². The average Bonchev–Trinajstić information content (AvgIpc) is 3.04. The van der Waals surface area contributed by atoms with E-state index >= 15 is 0 Å². The minimum absolute atomic E-state index is 0.113. The number of carbonyl (C=O) groups is 3. The first kappa shape index (κ1) is 17.9. The highest BCUT2D eigenvalue weighted by Crippen LogP contribution is 2.36. The van der Waals surface area contributed by atoms with Crippen LogP contribution in [0.5, 0.6) is 0 Å². The van der Waals surface area contributed by atoms with Crippen molar-refractivity contribution in [1.82, 2.24) is 25.9 Å². The zero-order valence-corrected chi connectivity index (χ0v) is 16.1. The Labute approximate surface area is 154 Å². The van der Waals surface area contributed by atoms with Gasteiger partial charge in [-0.25, -0.2) is 4.79 Å². The molecular weight excluding hydrogens is 390 g/mol. The molecular formula is C16H22BrN5O3. The highest BCUT2D eigenvalue weighted by Gasteiger charge is 2.53. The molecule has 0 atom stereocenters. The number of imide groups is 1. The fourth-order valence-electron chi connectivity index (χ4n) is 3.34. The lowest BCUT2D eigenvalue weighted by atomic mass is 9.77. The van der Waals surface area contributed by atoms with E-state index in [0.29, 0.717) is 23.2 Å². The highest BCUT2D eigenvalue weighted by molar-refractivity contribution is 9.10. The van der Waals surface area contributed by atoms with Crippen molar-refractivity contribution < 1.29 is 14.4 Å². The Morgan fingerprint density at radius 1 is 1.36 bits per heavy atom. The first-order valence-corrected chi connectivity index (χ1v) is 9.26. The van der Waals surface area contributed by atoms with Crippen LogP contribution in [-0.4, -0.2) is 38.6 Å². The molecule has 1 aliphatic heterocycles. The van der Waals surface area contributed by atoms with Crippen LogP contribution in [0.3, 0.4) is 0 Å². The number of amides is 4. The number of carbonyl (C=O) groups excluding carboxylic acids is 3. The van der Waals surface area contributed by atoms with Crippen LogP contribution in [0.2, 0.25) is 0 Å². The Balaban J connectivity index is 1.76.